The van der Waals surface area contributed by atoms with Crippen molar-refractivity contribution in [2.75, 3.05) is 16.8 Å². The zero-order chi connectivity index (χ0) is 25.1. The second-order valence-corrected chi connectivity index (χ2v) is 7.83. The van der Waals surface area contributed by atoms with Gasteiger partial charge in [0.15, 0.2) is 17.7 Å². The molecule has 0 bridgehead atoms. The Morgan fingerprint density at radius 1 is 1.14 bits per heavy atom. The van der Waals surface area contributed by atoms with Gasteiger partial charge in [0.25, 0.3) is 5.91 Å². The van der Waals surface area contributed by atoms with Crippen molar-refractivity contribution in [3.8, 4) is 22.8 Å². The van der Waals surface area contributed by atoms with Gasteiger partial charge < -0.3 is 14.8 Å². The van der Waals surface area contributed by atoms with Crippen molar-refractivity contribution in [1.29, 1.82) is 0 Å². The monoisotopic (exact) mass is 486 g/mol. The number of fused-ring (bicyclic) bond motifs is 1. The van der Waals surface area contributed by atoms with Crippen molar-refractivity contribution in [2.24, 2.45) is 0 Å². The Hall–Kier alpha value is -4.93. The van der Waals surface area contributed by atoms with Gasteiger partial charge >= 0.3 is 0 Å². The fourth-order valence-corrected chi connectivity index (χ4v) is 3.78. The van der Waals surface area contributed by atoms with Gasteiger partial charge in [0.1, 0.15) is 24.3 Å². The van der Waals surface area contributed by atoms with Crippen LogP contribution in [0.15, 0.2) is 73.2 Å². The van der Waals surface area contributed by atoms with E-state index in [1.54, 1.807) is 48.8 Å². The summed E-state index contributed by atoms with van der Waals surface area (Å²) in [5.74, 6) is -1.48. The molecule has 2 amide bonds. The number of pyridine rings is 2. The van der Waals surface area contributed by atoms with E-state index < -0.39 is 23.7 Å². The summed E-state index contributed by atoms with van der Waals surface area (Å²) in [6.45, 7) is -0.324. The first-order chi connectivity index (χ1) is 17.5. The summed E-state index contributed by atoms with van der Waals surface area (Å²) in [5, 5.41) is 6.68. The van der Waals surface area contributed by atoms with Crippen molar-refractivity contribution in [3.63, 3.8) is 0 Å². The molecule has 1 aliphatic rings. The summed E-state index contributed by atoms with van der Waals surface area (Å²) in [6.07, 6.45) is 3.63. The minimum atomic E-state index is -1.31. The number of anilines is 2. The molecule has 0 radical (unpaired) electrons. The third-order valence-electron chi connectivity index (χ3n) is 5.43. The molecule has 4 heterocycles. The van der Waals surface area contributed by atoms with E-state index in [1.165, 1.54) is 23.0 Å². The van der Waals surface area contributed by atoms with Gasteiger partial charge in [-0.3, -0.25) is 19.5 Å². The van der Waals surface area contributed by atoms with Gasteiger partial charge in [-0.05, 0) is 42.5 Å². The number of halogens is 1. The summed E-state index contributed by atoms with van der Waals surface area (Å²) < 4.78 is 21.8. The molecule has 10 nitrogen and oxygen atoms in total. The van der Waals surface area contributed by atoms with Crippen LogP contribution < -0.4 is 15.0 Å². The van der Waals surface area contributed by atoms with Crippen LogP contribution in [0.5, 0.6) is 5.75 Å². The smallest absolute Gasteiger partial charge is 0.270 e. The number of nitrogens with zero attached hydrogens (tertiary/aromatic N) is 5. The Labute approximate surface area is 204 Å². The van der Waals surface area contributed by atoms with Crippen LogP contribution in [0.3, 0.4) is 0 Å². The lowest BCUT2D eigenvalue weighted by atomic mass is 10.1. The summed E-state index contributed by atoms with van der Waals surface area (Å²) in [5.41, 5.74) is 1.60. The van der Waals surface area contributed by atoms with Crippen molar-refractivity contribution < 1.29 is 23.5 Å². The average molecular weight is 486 g/mol. The number of aldehydes is 1. The number of amides is 2. The van der Waals surface area contributed by atoms with Gasteiger partial charge in [0.05, 0.1) is 17.1 Å². The molecule has 36 heavy (non-hydrogen) atoms. The van der Waals surface area contributed by atoms with Crippen LogP contribution in [0, 0.1) is 5.82 Å². The largest absolute Gasteiger partial charge is 0.480 e. The number of rotatable bonds is 7. The van der Waals surface area contributed by atoms with Crippen LogP contribution in [0.4, 0.5) is 15.9 Å². The van der Waals surface area contributed by atoms with Crippen LogP contribution in [0.1, 0.15) is 6.42 Å². The van der Waals surface area contributed by atoms with Crippen molar-refractivity contribution >= 4 is 29.6 Å². The lowest BCUT2D eigenvalue weighted by molar-refractivity contribution is -0.128. The molecule has 4 aromatic rings. The second-order valence-electron chi connectivity index (χ2n) is 7.83. The Kier molecular flexibility index (Phi) is 6.18. The van der Waals surface area contributed by atoms with E-state index in [-0.39, 0.29) is 30.2 Å². The van der Waals surface area contributed by atoms with Crippen LogP contribution >= 0.6 is 0 Å². The fraction of sp³-hybridized carbons (Fsp3) is 0.120. The zero-order valence-corrected chi connectivity index (χ0v) is 18.7. The number of ether oxygens (including phenoxy) is 1. The number of carbonyl (C=O) groups is 3. The van der Waals surface area contributed by atoms with Crippen molar-refractivity contribution in [3.05, 3.63) is 79.0 Å². The number of aromatic nitrogens is 4. The molecule has 0 saturated heterocycles. The van der Waals surface area contributed by atoms with Gasteiger partial charge in [-0.2, -0.15) is 5.10 Å². The van der Waals surface area contributed by atoms with Gasteiger partial charge in [-0.25, -0.2) is 14.1 Å². The Balaban J connectivity index is 1.44. The highest BCUT2D eigenvalue weighted by Gasteiger charge is 2.34. The maximum absolute atomic E-state index is 14.7. The van der Waals surface area contributed by atoms with E-state index in [0.717, 1.165) is 11.0 Å². The summed E-state index contributed by atoms with van der Waals surface area (Å²) in [4.78, 5) is 47.1. The van der Waals surface area contributed by atoms with Gasteiger partial charge in [-0.15, -0.1) is 0 Å². The molecule has 0 aliphatic carbocycles. The molecule has 11 heteroatoms. The first-order valence-corrected chi connectivity index (χ1v) is 11.0. The lowest BCUT2D eigenvalue weighted by Gasteiger charge is -2.31. The maximum Gasteiger partial charge on any atom is 0.270 e. The molecule has 1 unspecified atom stereocenters. The highest BCUT2D eigenvalue weighted by molar-refractivity contribution is 6.10. The first-order valence-electron chi connectivity index (χ1n) is 11.0. The normalized spacial score (nSPS) is 13.5. The highest BCUT2D eigenvalue weighted by Crippen LogP contribution is 2.31. The molecule has 0 saturated carbocycles. The molecule has 1 aliphatic heterocycles. The summed E-state index contributed by atoms with van der Waals surface area (Å²) in [7, 11) is 0. The molecule has 1 atom stereocenters. The molecule has 0 fully saturated rings. The Morgan fingerprint density at radius 3 is 2.75 bits per heavy atom. The van der Waals surface area contributed by atoms with E-state index in [1.807, 2.05) is 0 Å². The molecule has 1 aromatic carbocycles. The lowest BCUT2D eigenvalue weighted by Crippen LogP contribution is -2.48. The third kappa shape index (κ3) is 4.53. The van der Waals surface area contributed by atoms with Gasteiger partial charge in [0, 0.05) is 31.1 Å². The third-order valence-corrected chi connectivity index (χ3v) is 5.43. The Bertz CT molecular complexity index is 1430. The molecule has 0 spiro atoms. The molecule has 1 N–H and O–H groups in total. The number of carbonyl (C=O) groups excluding carboxylic acids is 3. The van der Waals surface area contributed by atoms with Crippen molar-refractivity contribution in [2.45, 2.75) is 12.5 Å². The maximum atomic E-state index is 14.7. The minimum absolute atomic E-state index is 0.0421. The van der Waals surface area contributed by atoms with Crippen LogP contribution in [0.2, 0.25) is 0 Å². The van der Waals surface area contributed by atoms with Gasteiger partial charge in [-0.1, -0.05) is 6.07 Å². The SMILES string of the molecule is O=CCC(Oc1ccc(-n2cccn2)c(F)c1)C(=O)N1CC(=O)Nc2ccc(-c3ccccn3)nc21. The zero-order valence-electron chi connectivity index (χ0n) is 18.7. The molecular formula is C25H19FN6O4. The highest BCUT2D eigenvalue weighted by atomic mass is 19.1. The van der Waals surface area contributed by atoms with E-state index in [9.17, 15) is 18.8 Å². The number of hydrogen-bond donors (Lipinski definition) is 1. The topological polar surface area (TPSA) is 119 Å². The van der Waals surface area contributed by atoms with Crippen LogP contribution in [-0.4, -0.2) is 50.5 Å². The summed E-state index contributed by atoms with van der Waals surface area (Å²) in [6, 6.07) is 14.3. The second kappa shape index (κ2) is 9.74. The summed E-state index contributed by atoms with van der Waals surface area (Å²) >= 11 is 0. The van der Waals surface area contributed by atoms with Crippen molar-refractivity contribution in [1.82, 2.24) is 19.7 Å². The first kappa shape index (κ1) is 22.8. The number of benzene rings is 1. The Morgan fingerprint density at radius 2 is 2.03 bits per heavy atom. The predicted molar refractivity (Wildman–Crippen MR) is 127 cm³/mol. The van der Waals surface area contributed by atoms with Gasteiger partial charge in [0.2, 0.25) is 5.91 Å². The van der Waals surface area contributed by atoms with Crippen LogP contribution in [0.25, 0.3) is 17.1 Å². The standard InChI is InChI=1S/C25H19FN6O4/c26-17-14-16(5-8-21(17)32-12-3-11-28-32)36-22(9-13-33)25(35)31-15-23(34)29-20-7-6-19(30-24(20)31)18-4-1-2-10-27-18/h1-8,10-14,22H,9,15H2,(H,29,34). The number of nitrogens with one attached hydrogen (secondary N) is 1. The minimum Gasteiger partial charge on any atom is -0.480 e. The predicted octanol–water partition coefficient (Wildman–Crippen LogP) is 2.79. The van der Waals surface area contributed by atoms with E-state index in [4.69, 9.17) is 4.74 Å². The molecule has 5 rings (SSSR count). The fourth-order valence-electron chi connectivity index (χ4n) is 3.78. The molecule has 180 valence electrons. The van der Waals surface area contributed by atoms with Crippen LogP contribution in [-0.2, 0) is 14.4 Å². The molecular weight excluding hydrogens is 467 g/mol. The number of hydrogen-bond acceptors (Lipinski definition) is 7. The molecule has 3 aromatic heterocycles. The van der Waals surface area contributed by atoms with E-state index in [0.29, 0.717) is 23.4 Å². The average Bonchev–Trinajstić information content (AvgIpc) is 3.42. The van der Waals surface area contributed by atoms with E-state index in [2.05, 4.69) is 20.4 Å². The van der Waals surface area contributed by atoms with E-state index >= 15 is 0 Å². The quantitative estimate of drug-likeness (QED) is 0.399.